The number of hydrogen-bond donors (Lipinski definition) is 0. The Morgan fingerprint density at radius 3 is 2.60 bits per heavy atom. The van der Waals surface area contributed by atoms with Crippen LogP contribution >= 0.6 is 15.9 Å². The zero-order valence-corrected chi connectivity index (χ0v) is 14.8. The van der Waals surface area contributed by atoms with Crippen LogP contribution < -0.4 is 4.74 Å². The molecule has 0 radical (unpaired) electrons. The van der Waals surface area contributed by atoms with Crippen molar-refractivity contribution in [2.75, 3.05) is 26.0 Å². The van der Waals surface area contributed by atoms with Crippen molar-refractivity contribution in [2.45, 2.75) is 39.2 Å². The van der Waals surface area contributed by atoms with Gasteiger partial charge in [-0.15, -0.1) is 0 Å². The molecule has 0 saturated carbocycles. The molecule has 0 saturated heterocycles. The lowest BCUT2D eigenvalue weighted by molar-refractivity contribution is 0.219. The van der Waals surface area contributed by atoms with Crippen LogP contribution in [0.4, 0.5) is 0 Å². The Kier molecular flexibility index (Phi) is 8.24. The number of hydrogen-bond acceptors (Lipinski definition) is 2. The fourth-order valence-corrected chi connectivity index (χ4v) is 3.09. The van der Waals surface area contributed by atoms with Crippen LogP contribution in [0.2, 0.25) is 0 Å². The van der Waals surface area contributed by atoms with Crippen LogP contribution in [-0.2, 0) is 6.42 Å². The highest BCUT2D eigenvalue weighted by Gasteiger charge is 2.16. The SMILES string of the molecule is CCCC(CBr)CN(C)C(C)Cc1ccccc1OC. The summed E-state index contributed by atoms with van der Waals surface area (Å²) in [6.07, 6.45) is 3.57. The lowest BCUT2D eigenvalue weighted by atomic mass is 10.0. The lowest BCUT2D eigenvalue weighted by Crippen LogP contribution is -2.35. The molecule has 1 rings (SSSR count). The fraction of sp³-hybridized carbons (Fsp3) is 0.647. The molecule has 0 N–H and O–H groups in total. The van der Waals surface area contributed by atoms with Crippen LogP contribution in [0.3, 0.4) is 0 Å². The first kappa shape index (κ1) is 17.5. The number of benzene rings is 1. The topological polar surface area (TPSA) is 12.5 Å². The Bertz CT molecular complexity index is 383. The summed E-state index contributed by atoms with van der Waals surface area (Å²) in [5, 5.41) is 1.09. The summed E-state index contributed by atoms with van der Waals surface area (Å²) < 4.78 is 5.44. The Morgan fingerprint density at radius 1 is 1.30 bits per heavy atom. The number of halogens is 1. The molecule has 0 aromatic heterocycles. The second kappa shape index (κ2) is 9.41. The molecule has 0 spiro atoms. The van der Waals surface area contributed by atoms with Gasteiger partial charge in [0.15, 0.2) is 0 Å². The maximum absolute atomic E-state index is 5.44. The van der Waals surface area contributed by atoms with E-state index in [2.05, 4.69) is 53.9 Å². The first-order chi connectivity index (χ1) is 9.62. The first-order valence-corrected chi connectivity index (χ1v) is 8.62. The third kappa shape index (κ3) is 5.45. The third-order valence-electron chi connectivity index (χ3n) is 3.92. The minimum atomic E-state index is 0.518. The molecule has 2 nitrogen and oxygen atoms in total. The summed E-state index contributed by atoms with van der Waals surface area (Å²) in [6.45, 7) is 5.70. The molecule has 0 aliphatic rings. The Hall–Kier alpha value is -0.540. The van der Waals surface area contributed by atoms with E-state index < -0.39 is 0 Å². The number of ether oxygens (including phenoxy) is 1. The molecule has 3 heteroatoms. The molecule has 0 bridgehead atoms. The summed E-state index contributed by atoms with van der Waals surface area (Å²) in [5.74, 6) is 1.74. The van der Waals surface area contributed by atoms with Crippen molar-refractivity contribution in [3.05, 3.63) is 29.8 Å². The molecular weight excluding hydrogens is 314 g/mol. The van der Waals surface area contributed by atoms with Gasteiger partial charge in [0.25, 0.3) is 0 Å². The number of methoxy groups -OCH3 is 1. The van der Waals surface area contributed by atoms with Gasteiger partial charge in [-0.05, 0) is 44.4 Å². The predicted molar refractivity (Wildman–Crippen MR) is 91.0 cm³/mol. The summed E-state index contributed by atoms with van der Waals surface area (Å²) in [4.78, 5) is 2.47. The van der Waals surface area contributed by atoms with E-state index in [-0.39, 0.29) is 0 Å². The second-order valence-electron chi connectivity index (χ2n) is 5.61. The van der Waals surface area contributed by atoms with Crippen molar-refractivity contribution < 1.29 is 4.74 Å². The Morgan fingerprint density at radius 2 is 2.00 bits per heavy atom. The Labute approximate surface area is 132 Å². The van der Waals surface area contributed by atoms with Gasteiger partial charge in [0, 0.05) is 17.9 Å². The maximum atomic E-state index is 5.44. The Balaban J connectivity index is 2.58. The standard InChI is InChI=1S/C17H28BrNO/c1-5-8-15(12-18)13-19(3)14(2)11-16-9-6-7-10-17(16)20-4/h6-7,9-10,14-15H,5,8,11-13H2,1-4H3. The van der Waals surface area contributed by atoms with Gasteiger partial charge in [0.05, 0.1) is 7.11 Å². The van der Waals surface area contributed by atoms with Crippen LogP contribution in [0, 0.1) is 5.92 Å². The van der Waals surface area contributed by atoms with Crippen molar-refractivity contribution in [3.8, 4) is 5.75 Å². The average molecular weight is 342 g/mol. The zero-order chi connectivity index (χ0) is 15.0. The van der Waals surface area contributed by atoms with Gasteiger partial charge in [-0.1, -0.05) is 47.5 Å². The molecule has 20 heavy (non-hydrogen) atoms. The normalized spacial score (nSPS) is 14.3. The van der Waals surface area contributed by atoms with Gasteiger partial charge in [-0.3, -0.25) is 0 Å². The van der Waals surface area contributed by atoms with Gasteiger partial charge >= 0.3 is 0 Å². The molecule has 0 aliphatic heterocycles. The van der Waals surface area contributed by atoms with E-state index in [1.807, 2.05) is 12.1 Å². The number of alkyl halides is 1. The average Bonchev–Trinajstić information content (AvgIpc) is 2.47. The van der Waals surface area contributed by atoms with E-state index in [9.17, 15) is 0 Å². The lowest BCUT2D eigenvalue weighted by Gasteiger charge is -2.28. The molecule has 0 aliphatic carbocycles. The van der Waals surface area contributed by atoms with Gasteiger partial charge < -0.3 is 9.64 Å². The van der Waals surface area contributed by atoms with Crippen molar-refractivity contribution in [2.24, 2.45) is 5.92 Å². The number of para-hydroxylation sites is 1. The van der Waals surface area contributed by atoms with Crippen LogP contribution in [0.5, 0.6) is 5.75 Å². The molecule has 0 heterocycles. The molecule has 0 amide bonds. The highest BCUT2D eigenvalue weighted by atomic mass is 79.9. The monoisotopic (exact) mass is 341 g/mol. The second-order valence-corrected chi connectivity index (χ2v) is 6.26. The molecule has 0 fully saturated rings. The van der Waals surface area contributed by atoms with Crippen LogP contribution in [0.25, 0.3) is 0 Å². The van der Waals surface area contributed by atoms with E-state index >= 15 is 0 Å². The van der Waals surface area contributed by atoms with Crippen molar-refractivity contribution in [1.29, 1.82) is 0 Å². The molecule has 2 unspecified atom stereocenters. The fourth-order valence-electron chi connectivity index (χ4n) is 2.56. The molecule has 1 aromatic carbocycles. The van der Waals surface area contributed by atoms with Gasteiger partial charge in [0.1, 0.15) is 5.75 Å². The van der Waals surface area contributed by atoms with E-state index in [0.717, 1.165) is 30.0 Å². The minimum Gasteiger partial charge on any atom is -0.496 e. The molecule has 1 aromatic rings. The number of likely N-dealkylation sites (N-methyl/N-ethyl adjacent to an activating group) is 1. The number of rotatable bonds is 9. The van der Waals surface area contributed by atoms with Crippen LogP contribution in [0.1, 0.15) is 32.3 Å². The van der Waals surface area contributed by atoms with Gasteiger partial charge in [-0.2, -0.15) is 0 Å². The van der Waals surface area contributed by atoms with Crippen molar-refractivity contribution in [1.82, 2.24) is 4.90 Å². The van der Waals surface area contributed by atoms with E-state index in [4.69, 9.17) is 4.74 Å². The zero-order valence-electron chi connectivity index (χ0n) is 13.2. The third-order valence-corrected chi connectivity index (χ3v) is 4.84. The van der Waals surface area contributed by atoms with Gasteiger partial charge in [0.2, 0.25) is 0 Å². The van der Waals surface area contributed by atoms with E-state index in [0.29, 0.717) is 6.04 Å². The predicted octanol–water partition coefficient (Wildman–Crippen LogP) is 4.37. The van der Waals surface area contributed by atoms with E-state index in [1.54, 1.807) is 7.11 Å². The van der Waals surface area contributed by atoms with Crippen LogP contribution in [0.15, 0.2) is 24.3 Å². The molecule has 2 atom stereocenters. The smallest absolute Gasteiger partial charge is 0.122 e. The summed E-state index contributed by atoms with van der Waals surface area (Å²) in [7, 11) is 3.97. The summed E-state index contributed by atoms with van der Waals surface area (Å²) in [6, 6.07) is 8.84. The first-order valence-electron chi connectivity index (χ1n) is 7.50. The minimum absolute atomic E-state index is 0.518. The molecule has 114 valence electrons. The van der Waals surface area contributed by atoms with Crippen molar-refractivity contribution in [3.63, 3.8) is 0 Å². The molecular formula is C17H28BrNO. The maximum Gasteiger partial charge on any atom is 0.122 e. The van der Waals surface area contributed by atoms with E-state index in [1.165, 1.54) is 18.4 Å². The highest BCUT2D eigenvalue weighted by Crippen LogP contribution is 2.21. The van der Waals surface area contributed by atoms with Gasteiger partial charge in [-0.25, -0.2) is 0 Å². The summed E-state index contributed by atoms with van der Waals surface area (Å²) >= 11 is 3.64. The quantitative estimate of drug-likeness (QED) is 0.618. The highest BCUT2D eigenvalue weighted by molar-refractivity contribution is 9.09. The number of nitrogens with zero attached hydrogens (tertiary/aromatic N) is 1. The largest absolute Gasteiger partial charge is 0.496 e. The van der Waals surface area contributed by atoms with Crippen LogP contribution in [-0.4, -0.2) is 37.0 Å². The summed E-state index contributed by atoms with van der Waals surface area (Å²) in [5.41, 5.74) is 1.29. The van der Waals surface area contributed by atoms with Crippen molar-refractivity contribution >= 4 is 15.9 Å².